The molecule has 234 valence electrons. The van der Waals surface area contributed by atoms with Crippen molar-refractivity contribution in [3.05, 3.63) is 186 Å². The number of anilines is 1. The second kappa shape index (κ2) is 14.4. The van der Waals surface area contributed by atoms with Crippen LogP contribution in [0.5, 0.6) is 0 Å². The molecule has 6 aromatic rings. The van der Waals surface area contributed by atoms with E-state index in [-0.39, 0.29) is 0 Å². The molecule has 0 amide bonds. The van der Waals surface area contributed by atoms with Gasteiger partial charge in [0.05, 0.1) is 0 Å². The summed E-state index contributed by atoms with van der Waals surface area (Å²) >= 11 is 0. The van der Waals surface area contributed by atoms with E-state index in [4.69, 9.17) is 0 Å². The Morgan fingerprint density at radius 2 is 1.12 bits per heavy atom. The van der Waals surface area contributed by atoms with Crippen LogP contribution in [0.4, 0.5) is 5.69 Å². The minimum Gasteiger partial charge on any atom is -0.311 e. The van der Waals surface area contributed by atoms with Gasteiger partial charge in [-0.25, -0.2) is 0 Å². The number of hydrogen-bond acceptors (Lipinski definition) is 1. The topological polar surface area (TPSA) is 3.24 Å². The Labute approximate surface area is 285 Å². The molecule has 48 heavy (non-hydrogen) atoms. The normalized spacial score (nSPS) is 13.5. The van der Waals surface area contributed by atoms with E-state index in [9.17, 15) is 0 Å². The monoisotopic (exact) mass is 619 g/mol. The Morgan fingerprint density at radius 3 is 1.62 bits per heavy atom. The molecule has 0 aliphatic heterocycles. The molecule has 0 saturated carbocycles. The number of benzene rings is 6. The largest absolute Gasteiger partial charge is 0.311 e. The summed E-state index contributed by atoms with van der Waals surface area (Å²) in [5, 5.41) is 5.06. The predicted octanol–water partition coefficient (Wildman–Crippen LogP) is 13.4. The van der Waals surface area contributed by atoms with Crippen LogP contribution in [0.25, 0.3) is 56.0 Å². The van der Waals surface area contributed by atoms with Gasteiger partial charge in [0, 0.05) is 17.1 Å². The maximum absolute atomic E-state index is 2.38. The Kier molecular flexibility index (Phi) is 9.29. The van der Waals surface area contributed by atoms with Crippen LogP contribution in [0.3, 0.4) is 0 Å². The van der Waals surface area contributed by atoms with Crippen molar-refractivity contribution in [1.29, 1.82) is 0 Å². The molecule has 0 unspecified atom stereocenters. The third-order valence-electron chi connectivity index (χ3n) is 9.12. The Balaban J connectivity index is 1.32. The van der Waals surface area contributed by atoms with Crippen LogP contribution >= 0.6 is 0 Å². The van der Waals surface area contributed by atoms with Crippen molar-refractivity contribution in [3.8, 4) is 22.3 Å². The highest BCUT2D eigenvalue weighted by molar-refractivity contribution is 6.21. The second-order valence-corrected chi connectivity index (χ2v) is 12.2. The van der Waals surface area contributed by atoms with Gasteiger partial charge in [0.25, 0.3) is 0 Å². The first-order valence-electron chi connectivity index (χ1n) is 17.1. The molecular formula is C47H41N. The van der Waals surface area contributed by atoms with E-state index in [1.165, 1.54) is 66.3 Å². The fraction of sp³-hybridized carbons (Fsp3) is 0.106. The summed E-state index contributed by atoms with van der Waals surface area (Å²) in [5.41, 5.74) is 11.0. The van der Waals surface area contributed by atoms with Crippen LogP contribution in [-0.4, -0.2) is 0 Å². The first kappa shape index (κ1) is 31.0. The molecule has 0 bridgehead atoms. The van der Waals surface area contributed by atoms with E-state index >= 15 is 0 Å². The molecule has 0 heterocycles. The zero-order chi connectivity index (χ0) is 32.7. The molecule has 0 saturated heterocycles. The third kappa shape index (κ3) is 6.33. The fourth-order valence-corrected chi connectivity index (χ4v) is 6.80. The fourth-order valence-electron chi connectivity index (χ4n) is 6.80. The Morgan fingerprint density at radius 1 is 0.604 bits per heavy atom. The molecule has 0 fully saturated rings. The number of nitrogens with zero attached hydrogens (tertiary/aromatic N) is 1. The van der Waals surface area contributed by atoms with Crippen molar-refractivity contribution in [1.82, 2.24) is 0 Å². The van der Waals surface area contributed by atoms with Crippen LogP contribution in [-0.2, 0) is 0 Å². The third-order valence-corrected chi connectivity index (χ3v) is 9.12. The average Bonchev–Trinajstić information content (AvgIpc) is 3.16. The minimum absolute atomic E-state index is 1.00. The summed E-state index contributed by atoms with van der Waals surface area (Å²) in [4.78, 5) is 2.38. The van der Waals surface area contributed by atoms with Gasteiger partial charge in [0.15, 0.2) is 0 Å². The van der Waals surface area contributed by atoms with Crippen LogP contribution in [0.15, 0.2) is 175 Å². The number of hydrogen-bond donors (Lipinski definition) is 0. The van der Waals surface area contributed by atoms with Crippen molar-refractivity contribution in [2.45, 2.75) is 33.1 Å². The highest BCUT2D eigenvalue weighted by Gasteiger charge is 2.18. The lowest BCUT2D eigenvalue weighted by atomic mass is 9.86. The number of allylic oxidation sites excluding steroid dienone is 6. The summed E-state index contributed by atoms with van der Waals surface area (Å²) in [6.07, 6.45) is 21.1. The zero-order valence-corrected chi connectivity index (χ0v) is 27.8. The van der Waals surface area contributed by atoms with E-state index in [0.717, 1.165) is 24.9 Å². The molecule has 1 aliphatic rings. The van der Waals surface area contributed by atoms with Gasteiger partial charge >= 0.3 is 0 Å². The van der Waals surface area contributed by atoms with Gasteiger partial charge in [0.1, 0.15) is 0 Å². The maximum atomic E-state index is 2.38. The Hall–Kier alpha value is -5.66. The van der Waals surface area contributed by atoms with Crippen molar-refractivity contribution in [3.63, 3.8) is 0 Å². The Bertz CT molecular complexity index is 2130. The molecular weight excluding hydrogens is 579 g/mol. The summed E-state index contributed by atoms with van der Waals surface area (Å²) in [6, 6.07) is 46.4. The van der Waals surface area contributed by atoms with Crippen LogP contribution in [0, 0.1) is 0 Å². The van der Waals surface area contributed by atoms with Gasteiger partial charge in [-0.2, -0.15) is 0 Å². The molecule has 0 spiro atoms. The van der Waals surface area contributed by atoms with Crippen molar-refractivity contribution in [2.24, 2.45) is 0 Å². The summed E-state index contributed by atoms with van der Waals surface area (Å²) < 4.78 is 0. The molecule has 1 heteroatoms. The zero-order valence-electron chi connectivity index (χ0n) is 27.8. The molecule has 0 radical (unpaired) electrons. The molecule has 1 aliphatic carbocycles. The van der Waals surface area contributed by atoms with E-state index in [2.05, 4.69) is 195 Å². The van der Waals surface area contributed by atoms with Gasteiger partial charge in [0.2, 0.25) is 0 Å². The summed E-state index contributed by atoms with van der Waals surface area (Å²) in [5.74, 6) is 0. The SMILES string of the molecule is C/C=C(\C=C/CC)N(C1=CCCC=C1)c1ccc(-c2c3ccccc3c(-c3ccc(/C=C/c4ccccc4)cc3)c3ccccc23)cc1. The average molecular weight is 620 g/mol. The lowest BCUT2D eigenvalue weighted by molar-refractivity contribution is 0.985. The van der Waals surface area contributed by atoms with Crippen molar-refractivity contribution >= 4 is 39.4 Å². The summed E-state index contributed by atoms with van der Waals surface area (Å²) in [6.45, 7) is 4.31. The minimum atomic E-state index is 1.00. The molecule has 0 atom stereocenters. The molecule has 0 aromatic heterocycles. The highest BCUT2D eigenvalue weighted by Crippen LogP contribution is 2.44. The smallest absolute Gasteiger partial charge is 0.0461 e. The predicted molar refractivity (Wildman–Crippen MR) is 210 cm³/mol. The van der Waals surface area contributed by atoms with E-state index in [1.54, 1.807) is 0 Å². The van der Waals surface area contributed by atoms with Crippen molar-refractivity contribution in [2.75, 3.05) is 4.90 Å². The van der Waals surface area contributed by atoms with E-state index < -0.39 is 0 Å². The number of fused-ring (bicyclic) bond motifs is 2. The van der Waals surface area contributed by atoms with Gasteiger partial charge in [-0.3, -0.25) is 0 Å². The first-order valence-corrected chi connectivity index (χ1v) is 17.1. The highest BCUT2D eigenvalue weighted by atomic mass is 15.1. The second-order valence-electron chi connectivity index (χ2n) is 12.2. The van der Waals surface area contributed by atoms with Gasteiger partial charge in [-0.1, -0.05) is 159 Å². The van der Waals surface area contributed by atoms with Gasteiger partial charge < -0.3 is 4.90 Å². The van der Waals surface area contributed by atoms with Crippen LogP contribution in [0.1, 0.15) is 44.2 Å². The van der Waals surface area contributed by atoms with Gasteiger partial charge in [-0.15, -0.1) is 0 Å². The molecule has 6 aromatic carbocycles. The molecule has 0 N–H and O–H groups in total. The van der Waals surface area contributed by atoms with E-state index in [1.807, 2.05) is 0 Å². The lowest BCUT2D eigenvalue weighted by Crippen LogP contribution is -2.20. The van der Waals surface area contributed by atoms with E-state index in [0.29, 0.717) is 0 Å². The quantitative estimate of drug-likeness (QED) is 0.0884. The standard InChI is InChI=1S/C47H41N/c1-3-5-18-39(4-2)48(40-19-10-7-11-20-40)41-33-31-38(32-34-41)47-44-23-14-12-21-42(44)46(43-22-13-15-24-45(43)47)37-29-27-36(28-30-37)26-25-35-16-8-6-9-17-35/h4-6,8-10,12-34H,3,7,11H2,1-2H3/b18-5-,26-25+,39-4+. The summed E-state index contributed by atoms with van der Waals surface area (Å²) in [7, 11) is 0. The first-order chi connectivity index (χ1) is 23.7. The molecule has 7 rings (SSSR count). The lowest BCUT2D eigenvalue weighted by Gasteiger charge is -2.29. The maximum Gasteiger partial charge on any atom is 0.0461 e. The van der Waals surface area contributed by atoms with Crippen LogP contribution < -0.4 is 4.90 Å². The van der Waals surface area contributed by atoms with Gasteiger partial charge in [-0.05, 0) is 105 Å². The number of rotatable bonds is 9. The van der Waals surface area contributed by atoms with Crippen molar-refractivity contribution < 1.29 is 0 Å². The van der Waals surface area contributed by atoms with Crippen LogP contribution in [0.2, 0.25) is 0 Å². The molecule has 1 nitrogen and oxygen atoms in total.